The van der Waals surface area contributed by atoms with Crippen LogP contribution in [0.15, 0.2) is 48.5 Å². The monoisotopic (exact) mass is 546 g/mol. The Bertz CT molecular complexity index is 1430. The molecule has 1 heterocycles. The molecule has 0 N–H and O–H groups in total. The van der Waals surface area contributed by atoms with Crippen LogP contribution in [0.25, 0.3) is 21.6 Å². The summed E-state index contributed by atoms with van der Waals surface area (Å²) in [5, 5.41) is 0. The molecular formula is C26H15F9OS. The molecule has 194 valence electrons. The summed E-state index contributed by atoms with van der Waals surface area (Å²) in [6.45, 7) is 1.92. The van der Waals surface area contributed by atoms with Crippen molar-refractivity contribution in [2.24, 2.45) is 0 Å². The van der Waals surface area contributed by atoms with Gasteiger partial charge in [0.15, 0.2) is 17.5 Å². The normalized spacial score (nSPS) is 11.7. The Labute approximate surface area is 208 Å². The molecule has 0 bridgehead atoms. The average Bonchev–Trinajstić information content (AvgIpc) is 3.16. The van der Waals surface area contributed by atoms with E-state index in [1.807, 2.05) is 6.92 Å². The molecule has 37 heavy (non-hydrogen) atoms. The quantitative estimate of drug-likeness (QED) is 0.166. The molecule has 0 aliphatic heterocycles. The Morgan fingerprint density at radius 3 is 1.86 bits per heavy atom. The maximum Gasteiger partial charge on any atom is 0.432 e. The van der Waals surface area contributed by atoms with Gasteiger partial charge in [-0.3, -0.25) is 0 Å². The fraction of sp³-hybridized carbons (Fsp3) is 0.154. The molecule has 4 aromatic rings. The van der Waals surface area contributed by atoms with Gasteiger partial charge < -0.3 is 4.74 Å². The van der Waals surface area contributed by atoms with Gasteiger partial charge in [-0.2, -0.15) is 8.78 Å². The van der Waals surface area contributed by atoms with E-state index < -0.39 is 63.7 Å². The number of hydrogen-bond donors (Lipinski definition) is 0. The van der Waals surface area contributed by atoms with Crippen LogP contribution in [0.5, 0.6) is 5.75 Å². The van der Waals surface area contributed by atoms with Crippen LogP contribution >= 0.6 is 11.3 Å². The SMILES string of the molecule is CCCc1cc(F)c(-c2ccc(-c3cc(F)c(C(F)(F)Oc4cc(F)c(F)c(F)c4)c(F)c3)c(F)c2)s1. The highest BCUT2D eigenvalue weighted by Gasteiger charge is 2.41. The Morgan fingerprint density at radius 1 is 0.703 bits per heavy atom. The van der Waals surface area contributed by atoms with Crippen molar-refractivity contribution in [2.75, 3.05) is 0 Å². The molecule has 0 saturated heterocycles. The van der Waals surface area contributed by atoms with Gasteiger partial charge in [0.05, 0.1) is 4.88 Å². The third-order valence-corrected chi connectivity index (χ3v) is 6.53. The zero-order valence-electron chi connectivity index (χ0n) is 18.8. The summed E-state index contributed by atoms with van der Waals surface area (Å²) in [5.41, 5.74) is -2.54. The van der Waals surface area contributed by atoms with E-state index in [9.17, 15) is 39.5 Å². The molecule has 0 aliphatic carbocycles. The second-order valence-corrected chi connectivity index (χ2v) is 9.11. The first-order valence-corrected chi connectivity index (χ1v) is 11.5. The van der Waals surface area contributed by atoms with Crippen LogP contribution in [-0.4, -0.2) is 0 Å². The van der Waals surface area contributed by atoms with Gasteiger partial charge in [-0.25, -0.2) is 30.7 Å². The van der Waals surface area contributed by atoms with E-state index in [2.05, 4.69) is 4.74 Å². The standard InChI is InChI=1S/C26H15F9OS/c1-2-3-15-11-22(32)25(37-15)12-4-5-16(17(27)6-12)13-7-18(28)23(19(29)8-13)26(34,35)36-14-9-20(30)24(33)21(31)10-14/h4-11H,2-3H2,1H3. The van der Waals surface area contributed by atoms with Crippen molar-refractivity contribution in [1.82, 2.24) is 0 Å². The van der Waals surface area contributed by atoms with Gasteiger partial charge in [0.1, 0.15) is 34.6 Å². The Morgan fingerprint density at radius 2 is 1.30 bits per heavy atom. The van der Waals surface area contributed by atoms with E-state index in [-0.39, 0.29) is 28.1 Å². The lowest BCUT2D eigenvalue weighted by molar-refractivity contribution is -0.189. The van der Waals surface area contributed by atoms with E-state index in [0.29, 0.717) is 18.6 Å². The maximum absolute atomic E-state index is 14.9. The van der Waals surface area contributed by atoms with Crippen molar-refractivity contribution >= 4 is 11.3 Å². The molecule has 1 aromatic heterocycles. The van der Waals surface area contributed by atoms with Crippen molar-refractivity contribution in [3.63, 3.8) is 0 Å². The predicted molar refractivity (Wildman–Crippen MR) is 120 cm³/mol. The molecule has 1 nitrogen and oxygen atoms in total. The van der Waals surface area contributed by atoms with Crippen molar-refractivity contribution in [3.8, 4) is 27.3 Å². The Kier molecular flexibility index (Phi) is 7.27. The molecule has 4 rings (SSSR count). The minimum Gasteiger partial charge on any atom is -0.429 e. The molecule has 3 aromatic carbocycles. The second-order valence-electron chi connectivity index (χ2n) is 7.97. The Balaban J connectivity index is 1.66. The van der Waals surface area contributed by atoms with Crippen LogP contribution in [-0.2, 0) is 12.5 Å². The summed E-state index contributed by atoms with van der Waals surface area (Å²) in [7, 11) is 0. The number of benzene rings is 3. The first-order chi connectivity index (χ1) is 17.4. The third kappa shape index (κ3) is 5.31. The highest BCUT2D eigenvalue weighted by Crippen LogP contribution is 2.39. The molecular weight excluding hydrogens is 531 g/mol. The predicted octanol–water partition coefficient (Wildman–Crippen LogP) is 9.14. The van der Waals surface area contributed by atoms with E-state index in [1.54, 1.807) is 0 Å². The van der Waals surface area contributed by atoms with Gasteiger partial charge in [-0.05, 0) is 41.8 Å². The summed E-state index contributed by atoms with van der Waals surface area (Å²) >= 11 is 1.13. The van der Waals surface area contributed by atoms with Crippen LogP contribution in [0.4, 0.5) is 39.5 Å². The largest absolute Gasteiger partial charge is 0.432 e. The number of halogens is 9. The first-order valence-electron chi connectivity index (χ1n) is 10.7. The van der Waals surface area contributed by atoms with E-state index >= 15 is 0 Å². The maximum atomic E-state index is 14.9. The highest BCUT2D eigenvalue weighted by molar-refractivity contribution is 7.15. The van der Waals surface area contributed by atoms with Crippen molar-refractivity contribution in [1.29, 1.82) is 0 Å². The number of aryl methyl sites for hydroxylation is 1. The summed E-state index contributed by atoms with van der Waals surface area (Å²) in [5.74, 6) is -12.1. The minimum absolute atomic E-state index is 0.0784. The van der Waals surface area contributed by atoms with Crippen LogP contribution in [0, 0.1) is 40.7 Å². The molecule has 0 radical (unpaired) electrons. The van der Waals surface area contributed by atoms with E-state index in [0.717, 1.165) is 34.8 Å². The second kappa shape index (κ2) is 10.1. The molecule has 0 atom stereocenters. The van der Waals surface area contributed by atoms with Gasteiger partial charge in [-0.1, -0.05) is 25.5 Å². The zero-order valence-corrected chi connectivity index (χ0v) is 19.6. The van der Waals surface area contributed by atoms with Gasteiger partial charge in [0.25, 0.3) is 0 Å². The van der Waals surface area contributed by atoms with Gasteiger partial charge in [0.2, 0.25) is 0 Å². The lowest BCUT2D eigenvalue weighted by atomic mass is 10.00. The molecule has 0 unspecified atom stereocenters. The van der Waals surface area contributed by atoms with Gasteiger partial charge in [-0.15, -0.1) is 11.3 Å². The number of rotatable bonds is 7. The van der Waals surface area contributed by atoms with Crippen LogP contribution in [0.3, 0.4) is 0 Å². The average molecular weight is 546 g/mol. The van der Waals surface area contributed by atoms with Gasteiger partial charge >= 0.3 is 6.11 Å². The lowest BCUT2D eigenvalue weighted by Crippen LogP contribution is -2.25. The number of ether oxygens (including phenoxy) is 1. The molecule has 11 heteroatoms. The number of alkyl halides is 2. The van der Waals surface area contributed by atoms with Crippen molar-refractivity contribution < 1.29 is 44.3 Å². The topological polar surface area (TPSA) is 9.23 Å². The molecule has 0 spiro atoms. The molecule has 0 saturated carbocycles. The first kappa shape index (κ1) is 26.6. The van der Waals surface area contributed by atoms with E-state index in [1.165, 1.54) is 12.1 Å². The smallest absolute Gasteiger partial charge is 0.429 e. The number of hydrogen-bond acceptors (Lipinski definition) is 2. The Hall–Kier alpha value is -3.47. The lowest BCUT2D eigenvalue weighted by Gasteiger charge is -2.20. The summed E-state index contributed by atoms with van der Waals surface area (Å²) in [4.78, 5) is 0.931. The van der Waals surface area contributed by atoms with Crippen LogP contribution < -0.4 is 4.74 Å². The fourth-order valence-corrected chi connectivity index (χ4v) is 4.80. The summed E-state index contributed by atoms with van der Waals surface area (Å²) < 4.78 is 131. The molecule has 0 fully saturated rings. The van der Waals surface area contributed by atoms with Crippen molar-refractivity contribution in [2.45, 2.75) is 25.9 Å². The molecule has 0 aliphatic rings. The van der Waals surface area contributed by atoms with Crippen molar-refractivity contribution in [3.05, 3.63) is 99.7 Å². The van der Waals surface area contributed by atoms with Gasteiger partial charge in [0, 0.05) is 22.6 Å². The third-order valence-electron chi connectivity index (χ3n) is 5.31. The highest BCUT2D eigenvalue weighted by atomic mass is 32.1. The van der Waals surface area contributed by atoms with Crippen LogP contribution in [0.1, 0.15) is 23.8 Å². The van der Waals surface area contributed by atoms with E-state index in [4.69, 9.17) is 0 Å². The fourth-order valence-electron chi connectivity index (χ4n) is 3.67. The zero-order chi connectivity index (χ0) is 27.1. The molecule has 0 amide bonds. The number of thiophene rings is 1. The van der Waals surface area contributed by atoms with Crippen LogP contribution in [0.2, 0.25) is 0 Å². The summed E-state index contributed by atoms with van der Waals surface area (Å²) in [6.07, 6.45) is -3.37. The minimum atomic E-state index is -4.78. The summed E-state index contributed by atoms with van der Waals surface area (Å²) in [6, 6.07) is 5.74.